The highest BCUT2D eigenvalue weighted by Crippen LogP contribution is 2.35. The Labute approximate surface area is 158 Å². The van der Waals surface area contributed by atoms with Crippen LogP contribution < -0.4 is 20.1 Å². The molecule has 27 heavy (non-hydrogen) atoms. The minimum atomic E-state index is 0.587. The van der Waals surface area contributed by atoms with Crippen LogP contribution in [0.25, 0.3) is 11.0 Å². The topological polar surface area (TPSA) is 60.3 Å². The molecule has 140 valence electrons. The van der Waals surface area contributed by atoms with Crippen molar-refractivity contribution in [3.63, 3.8) is 0 Å². The van der Waals surface area contributed by atoms with Crippen LogP contribution in [0.2, 0.25) is 0 Å². The molecule has 0 radical (unpaired) electrons. The number of aromatic nitrogens is 2. The maximum absolute atomic E-state index is 5.67. The zero-order chi connectivity index (χ0) is 18.2. The SMILES string of the molecule is Cn1cc(C2CCNCC2)c2ccc(Nc3ccc4c(c3)OCCO4)nc21. The number of pyridine rings is 1. The van der Waals surface area contributed by atoms with E-state index in [9.17, 15) is 0 Å². The average molecular weight is 364 g/mol. The zero-order valence-electron chi connectivity index (χ0n) is 15.5. The highest BCUT2D eigenvalue weighted by molar-refractivity contribution is 5.83. The Morgan fingerprint density at radius 2 is 1.89 bits per heavy atom. The molecule has 0 spiro atoms. The second-order valence-electron chi connectivity index (χ2n) is 7.27. The smallest absolute Gasteiger partial charge is 0.163 e. The van der Waals surface area contributed by atoms with Gasteiger partial charge in [0.05, 0.1) is 0 Å². The lowest BCUT2D eigenvalue weighted by Gasteiger charge is -2.22. The molecule has 0 saturated carbocycles. The largest absolute Gasteiger partial charge is 0.486 e. The number of nitrogens with zero attached hydrogens (tertiary/aromatic N) is 2. The third-order valence-corrected chi connectivity index (χ3v) is 5.45. The van der Waals surface area contributed by atoms with Gasteiger partial charge in [-0.05, 0) is 61.7 Å². The van der Waals surface area contributed by atoms with Crippen molar-refractivity contribution >= 4 is 22.5 Å². The zero-order valence-corrected chi connectivity index (χ0v) is 15.5. The number of rotatable bonds is 3. The fourth-order valence-corrected chi connectivity index (χ4v) is 4.08. The van der Waals surface area contributed by atoms with Crippen molar-refractivity contribution in [2.45, 2.75) is 18.8 Å². The van der Waals surface area contributed by atoms with Crippen molar-refractivity contribution < 1.29 is 9.47 Å². The van der Waals surface area contributed by atoms with Crippen LogP contribution in [-0.2, 0) is 7.05 Å². The summed E-state index contributed by atoms with van der Waals surface area (Å²) in [7, 11) is 2.08. The van der Waals surface area contributed by atoms with E-state index < -0.39 is 0 Å². The van der Waals surface area contributed by atoms with E-state index in [0.29, 0.717) is 19.1 Å². The number of ether oxygens (including phenoxy) is 2. The summed E-state index contributed by atoms with van der Waals surface area (Å²) in [6, 6.07) is 10.1. The summed E-state index contributed by atoms with van der Waals surface area (Å²) < 4.78 is 13.4. The molecule has 2 aliphatic heterocycles. The first-order valence-corrected chi connectivity index (χ1v) is 9.61. The lowest BCUT2D eigenvalue weighted by Crippen LogP contribution is -2.26. The molecule has 0 bridgehead atoms. The molecular weight excluding hydrogens is 340 g/mol. The van der Waals surface area contributed by atoms with Crippen LogP contribution in [0.3, 0.4) is 0 Å². The average Bonchev–Trinajstić information content (AvgIpc) is 3.05. The number of hydrogen-bond donors (Lipinski definition) is 2. The van der Waals surface area contributed by atoms with E-state index in [0.717, 1.165) is 41.7 Å². The van der Waals surface area contributed by atoms with Gasteiger partial charge >= 0.3 is 0 Å². The van der Waals surface area contributed by atoms with Gasteiger partial charge in [0.1, 0.15) is 24.7 Å². The number of benzene rings is 1. The highest BCUT2D eigenvalue weighted by Gasteiger charge is 2.20. The highest BCUT2D eigenvalue weighted by atomic mass is 16.6. The third-order valence-electron chi connectivity index (χ3n) is 5.45. The molecule has 4 heterocycles. The molecule has 6 nitrogen and oxygen atoms in total. The van der Waals surface area contributed by atoms with E-state index in [2.05, 4.69) is 40.6 Å². The summed E-state index contributed by atoms with van der Waals surface area (Å²) in [5, 5.41) is 8.10. The molecule has 1 fully saturated rings. The molecule has 2 N–H and O–H groups in total. The monoisotopic (exact) mass is 364 g/mol. The minimum absolute atomic E-state index is 0.587. The van der Waals surface area contributed by atoms with Crippen molar-refractivity contribution in [1.29, 1.82) is 0 Å². The summed E-state index contributed by atoms with van der Waals surface area (Å²) >= 11 is 0. The number of piperidine rings is 1. The Morgan fingerprint density at radius 3 is 2.74 bits per heavy atom. The summed E-state index contributed by atoms with van der Waals surface area (Å²) in [4.78, 5) is 4.86. The number of aryl methyl sites for hydroxylation is 1. The van der Waals surface area contributed by atoms with Gasteiger partial charge in [0.15, 0.2) is 11.5 Å². The van der Waals surface area contributed by atoms with E-state index in [1.807, 2.05) is 18.2 Å². The minimum Gasteiger partial charge on any atom is -0.486 e. The molecule has 2 aromatic heterocycles. The molecular formula is C21H24N4O2. The molecule has 0 atom stereocenters. The normalized spacial score (nSPS) is 17.2. The van der Waals surface area contributed by atoms with Gasteiger partial charge in [0.2, 0.25) is 0 Å². The van der Waals surface area contributed by atoms with Crippen LogP contribution in [0.15, 0.2) is 36.5 Å². The van der Waals surface area contributed by atoms with Crippen molar-refractivity contribution in [2.24, 2.45) is 7.05 Å². The van der Waals surface area contributed by atoms with E-state index in [1.54, 1.807) is 0 Å². The van der Waals surface area contributed by atoms with Gasteiger partial charge in [0, 0.05) is 30.4 Å². The van der Waals surface area contributed by atoms with E-state index in [4.69, 9.17) is 14.5 Å². The maximum Gasteiger partial charge on any atom is 0.163 e. The maximum atomic E-state index is 5.67. The van der Waals surface area contributed by atoms with Gasteiger partial charge in [-0.2, -0.15) is 0 Å². The first-order chi connectivity index (χ1) is 13.3. The van der Waals surface area contributed by atoms with E-state index in [1.165, 1.54) is 23.8 Å². The van der Waals surface area contributed by atoms with Crippen LogP contribution in [0.5, 0.6) is 11.5 Å². The standard InChI is InChI=1S/C21H24N4O2/c1-25-13-17(14-6-8-22-9-7-14)16-3-5-20(24-21(16)25)23-15-2-4-18-19(12-15)27-11-10-26-18/h2-5,12-14,22H,6-11H2,1H3,(H,23,24). The summed E-state index contributed by atoms with van der Waals surface area (Å²) in [6.45, 7) is 3.38. The Kier molecular flexibility index (Phi) is 4.13. The van der Waals surface area contributed by atoms with Crippen LogP contribution in [0.4, 0.5) is 11.5 Å². The Hall–Kier alpha value is -2.73. The van der Waals surface area contributed by atoms with Crippen molar-refractivity contribution in [3.8, 4) is 11.5 Å². The summed E-state index contributed by atoms with van der Waals surface area (Å²) in [5.41, 5.74) is 3.39. The van der Waals surface area contributed by atoms with Crippen LogP contribution in [0, 0.1) is 0 Å². The predicted molar refractivity (Wildman–Crippen MR) is 106 cm³/mol. The fraction of sp³-hybridized carbons (Fsp3) is 0.381. The van der Waals surface area contributed by atoms with Crippen molar-refractivity contribution in [1.82, 2.24) is 14.9 Å². The fourth-order valence-electron chi connectivity index (χ4n) is 4.08. The van der Waals surface area contributed by atoms with Gasteiger partial charge in [-0.1, -0.05) is 0 Å². The number of anilines is 2. The Morgan fingerprint density at radius 1 is 1.07 bits per heavy atom. The first kappa shape index (κ1) is 16.4. The van der Waals surface area contributed by atoms with Crippen LogP contribution in [0.1, 0.15) is 24.3 Å². The molecule has 1 saturated heterocycles. The van der Waals surface area contributed by atoms with Crippen LogP contribution >= 0.6 is 0 Å². The summed E-state index contributed by atoms with van der Waals surface area (Å²) in [6.07, 6.45) is 4.63. The van der Waals surface area contributed by atoms with Gasteiger partial charge in [-0.15, -0.1) is 0 Å². The number of hydrogen-bond acceptors (Lipinski definition) is 5. The second-order valence-corrected chi connectivity index (χ2v) is 7.27. The lowest BCUT2D eigenvalue weighted by atomic mass is 9.90. The van der Waals surface area contributed by atoms with Gasteiger partial charge in [0.25, 0.3) is 0 Å². The van der Waals surface area contributed by atoms with E-state index in [-0.39, 0.29) is 0 Å². The van der Waals surface area contributed by atoms with Gasteiger partial charge < -0.3 is 24.7 Å². The molecule has 1 aromatic carbocycles. The van der Waals surface area contributed by atoms with Gasteiger partial charge in [-0.3, -0.25) is 0 Å². The lowest BCUT2D eigenvalue weighted by molar-refractivity contribution is 0.171. The Balaban J connectivity index is 1.44. The molecule has 0 amide bonds. The second kappa shape index (κ2) is 6.78. The van der Waals surface area contributed by atoms with Crippen molar-refractivity contribution in [2.75, 3.05) is 31.6 Å². The predicted octanol–water partition coefficient (Wildman–Crippen LogP) is 3.56. The third kappa shape index (κ3) is 3.10. The van der Waals surface area contributed by atoms with Gasteiger partial charge in [-0.25, -0.2) is 4.98 Å². The summed E-state index contributed by atoms with van der Waals surface area (Å²) in [5.74, 6) is 3.02. The van der Waals surface area contributed by atoms with E-state index >= 15 is 0 Å². The molecule has 2 aliphatic rings. The molecule has 0 unspecified atom stereocenters. The molecule has 3 aromatic rings. The quantitative estimate of drug-likeness (QED) is 0.744. The van der Waals surface area contributed by atoms with Crippen LogP contribution in [-0.4, -0.2) is 35.9 Å². The molecule has 0 aliphatic carbocycles. The molecule has 6 heteroatoms. The number of fused-ring (bicyclic) bond motifs is 2. The molecule has 5 rings (SSSR count). The van der Waals surface area contributed by atoms with Crippen molar-refractivity contribution in [3.05, 3.63) is 42.1 Å². The Bertz CT molecular complexity index is 976. The first-order valence-electron chi connectivity index (χ1n) is 9.61. The number of nitrogens with one attached hydrogen (secondary N) is 2.